The molecule has 1 aliphatic heterocycles. The van der Waals surface area contributed by atoms with Crippen LogP contribution in [0.15, 0.2) is 42.7 Å². The Hall–Kier alpha value is -2.76. The summed E-state index contributed by atoms with van der Waals surface area (Å²) in [4.78, 5) is 18.2. The van der Waals surface area contributed by atoms with Crippen LogP contribution in [-0.4, -0.2) is 49.7 Å². The number of para-hydroxylation sites is 1. The number of nitrogens with zero attached hydrogens (tertiary/aromatic N) is 2. The van der Waals surface area contributed by atoms with Gasteiger partial charge in [-0.25, -0.2) is 0 Å². The van der Waals surface area contributed by atoms with Crippen molar-refractivity contribution < 1.29 is 19.0 Å². The molecule has 6 nitrogen and oxygen atoms in total. The van der Waals surface area contributed by atoms with E-state index >= 15 is 0 Å². The monoisotopic (exact) mass is 342 g/mol. The maximum absolute atomic E-state index is 12.4. The molecule has 0 aliphatic carbocycles. The van der Waals surface area contributed by atoms with E-state index < -0.39 is 0 Å². The Morgan fingerprint density at radius 3 is 2.84 bits per heavy atom. The largest absolute Gasteiger partial charge is 0.493 e. The molecule has 2 heterocycles. The smallest absolute Gasteiger partial charge is 0.260 e. The fourth-order valence-electron chi connectivity index (χ4n) is 3.14. The molecule has 1 fully saturated rings. The van der Waals surface area contributed by atoms with Gasteiger partial charge in [0.2, 0.25) is 0 Å². The molecule has 0 spiro atoms. The summed E-state index contributed by atoms with van der Waals surface area (Å²) in [6.07, 6.45) is 4.16. The summed E-state index contributed by atoms with van der Waals surface area (Å²) in [5.41, 5.74) is 1.07. The van der Waals surface area contributed by atoms with Gasteiger partial charge in [0.15, 0.2) is 18.1 Å². The number of carbonyl (C=O) groups is 1. The zero-order valence-corrected chi connectivity index (χ0v) is 14.5. The summed E-state index contributed by atoms with van der Waals surface area (Å²) in [6.45, 7) is 1.38. The van der Waals surface area contributed by atoms with Gasteiger partial charge in [0, 0.05) is 30.8 Å². The Morgan fingerprint density at radius 1 is 1.24 bits per heavy atom. The van der Waals surface area contributed by atoms with Crippen molar-refractivity contribution in [1.82, 2.24) is 9.88 Å². The molecule has 6 heteroatoms. The quantitative estimate of drug-likeness (QED) is 0.807. The van der Waals surface area contributed by atoms with E-state index in [2.05, 4.69) is 4.98 Å². The van der Waals surface area contributed by atoms with Crippen LogP contribution in [0.25, 0.3) is 0 Å². The van der Waals surface area contributed by atoms with Gasteiger partial charge in [0.1, 0.15) is 5.75 Å². The average Bonchev–Trinajstić information content (AvgIpc) is 3.16. The summed E-state index contributed by atoms with van der Waals surface area (Å²) < 4.78 is 16.4. The maximum Gasteiger partial charge on any atom is 0.260 e. The van der Waals surface area contributed by atoms with Crippen molar-refractivity contribution in [2.75, 3.05) is 33.9 Å². The van der Waals surface area contributed by atoms with Gasteiger partial charge in [-0.15, -0.1) is 0 Å². The lowest BCUT2D eigenvalue weighted by molar-refractivity contribution is -0.132. The standard InChI is InChI=1S/C19H22N2O4/c1-23-17-7-3-6-16(19(17)24-2)14-8-10-21(12-14)18(22)13-25-15-5-4-9-20-11-15/h3-7,9,11,14H,8,10,12-13H2,1-2H3/t14-/m0/s1. The second-order valence-electron chi connectivity index (χ2n) is 5.89. The number of ether oxygens (including phenoxy) is 3. The molecule has 0 unspecified atom stereocenters. The molecule has 0 saturated carbocycles. The Kier molecular flexibility index (Phi) is 5.38. The number of carbonyl (C=O) groups excluding carboxylic acids is 1. The summed E-state index contributed by atoms with van der Waals surface area (Å²) in [7, 11) is 3.27. The van der Waals surface area contributed by atoms with E-state index in [1.54, 1.807) is 38.7 Å². The summed E-state index contributed by atoms with van der Waals surface area (Å²) in [5.74, 6) is 2.27. The van der Waals surface area contributed by atoms with Gasteiger partial charge in [0.05, 0.1) is 20.4 Å². The molecule has 132 valence electrons. The minimum Gasteiger partial charge on any atom is -0.493 e. The van der Waals surface area contributed by atoms with E-state index in [-0.39, 0.29) is 18.4 Å². The van der Waals surface area contributed by atoms with Crippen molar-refractivity contribution in [3.8, 4) is 17.2 Å². The number of methoxy groups -OCH3 is 2. The van der Waals surface area contributed by atoms with Crippen LogP contribution in [0.3, 0.4) is 0 Å². The molecule has 1 saturated heterocycles. The predicted octanol–water partition coefficient (Wildman–Crippen LogP) is 2.49. The second-order valence-corrected chi connectivity index (χ2v) is 5.89. The third-order valence-electron chi connectivity index (χ3n) is 4.41. The van der Waals surface area contributed by atoms with Gasteiger partial charge in [0.25, 0.3) is 5.91 Å². The van der Waals surface area contributed by atoms with E-state index in [0.717, 1.165) is 17.7 Å². The van der Waals surface area contributed by atoms with Gasteiger partial charge in [-0.1, -0.05) is 12.1 Å². The van der Waals surface area contributed by atoms with Crippen LogP contribution in [0.4, 0.5) is 0 Å². The lowest BCUT2D eigenvalue weighted by Crippen LogP contribution is -2.32. The number of amides is 1. The molecule has 0 N–H and O–H groups in total. The molecule has 1 atom stereocenters. The number of rotatable bonds is 6. The topological polar surface area (TPSA) is 60.9 Å². The molecule has 2 aromatic rings. The zero-order chi connectivity index (χ0) is 17.6. The van der Waals surface area contributed by atoms with Crippen molar-refractivity contribution in [3.05, 3.63) is 48.3 Å². The fraction of sp³-hybridized carbons (Fsp3) is 0.368. The number of benzene rings is 1. The third kappa shape index (κ3) is 3.84. The van der Waals surface area contributed by atoms with Crippen molar-refractivity contribution in [2.24, 2.45) is 0 Å². The molecule has 1 aliphatic rings. The van der Waals surface area contributed by atoms with E-state index in [9.17, 15) is 4.79 Å². The maximum atomic E-state index is 12.4. The fourth-order valence-corrected chi connectivity index (χ4v) is 3.14. The van der Waals surface area contributed by atoms with E-state index in [0.29, 0.717) is 24.6 Å². The van der Waals surface area contributed by atoms with Crippen LogP contribution >= 0.6 is 0 Å². The van der Waals surface area contributed by atoms with Gasteiger partial charge in [-0.3, -0.25) is 9.78 Å². The molecular weight excluding hydrogens is 320 g/mol. The highest BCUT2D eigenvalue weighted by Gasteiger charge is 2.30. The SMILES string of the molecule is COc1cccc([C@H]2CCN(C(=O)COc3cccnc3)C2)c1OC. The molecule has 0 bridgehead atoms. The Labute approximate surface area is 147 Å². The van der Waals surface area contributed by atoms with Gasteiger partial charge in [-0.05, 0) is 24.6 Å². The van der Waals surface area contributed by atoms with E-state index in [4.69, 9.17) is 14.2 Å². The summed E-state index contributed by atoms with van der Waals surface area (Å²) >= 11 is 0. The Bertz CT molecular complexity index is 721. The normalized spacial score (nSPS) is 16.6. The van der Waals surface area contributed by atoms with E-state index in [1.165, 1.54) is 0 Å². The first kappa shape index (κ1) is 17.1. The van der Waals surface area contributed by atoms with Crippen LogP contribution in [0, 0.1) is 0 Å². The lowest BCUT2D eigenvalue weighted by atomic mass is 9.97. The summed E-state index contributed by atoms with van der Waals surface area (Å²) in [5, 5.41) is 0. The lowest BCUT2D eigenvalue weighted by Gasteiger charge is -2.19. The van der Waals surface area contributed by atoms with Crippen LogP contribution in [0.1, 0.15) is 17.9 Å². The molecule has 0 radical (unpaired) electrons. The highest BCUT2D eigenvalue weighted by atomic mass is 16.5. The highest BCUT2D eigenvalue weighted by Crippen LogP contribution is 2.39. The average molecular weight is 342 g/mol. The molecular formula is C19H22N2O4. The third-order valence-corrected chi connectivity index (χ3v) is 4.41. The molecule has 1 amide bonds. The minimum absolute atomic E-state index is 0.0202. The van der Waals surface area contributed by atoms with Crippen LogP contribution in [0.5, 0.6) is 17.2 Å². The Balaban J connectivity index is 1.63. The van der Waals surface area contributed by atoms with E-state index in [1.807, 2.05) is 23.1 Å². The molecule has 25 heavy (non-hydrogen) atoms. The number of likely N-dealkylation sites (tertiary alicyclic amines) is 1. The highest BCUT2D eigenvalue weighted by molar-refractivity contribution is 5.78. The number of aromatic nitrogens is 1. The number of pyridine rings is 1. The Morgan fingerprint density at radius 2 is 2.12 bits per heavy atom. The first-order valence-corrected chi connectivity index (χ1v) is 8.24. The molecule has 1 aromatic heterocycles. The van der Waals surface area contributed by atoms with Crippen molar-refractivity contribution in [3.63, 3.8) is 0 Å². The molecule has 1 aromatic carbocycles. The van der Waals surface area contributed by atoms with Gasteiger partial charge >= 0.3 is 0 Å². The number of hydrogen-bond donors (Lipinski definition) is 0. The van der Waals surface area contributed by atoms with Crippen LogP contribution in [0.2, 0.25) is 0 Å². The minimum atomic E-state index is -0.0202. The zero-order valence-electron chi connectivity index (χ0n) is 14.5. The summed E-state index contributed by atoms with van der Waals surface area (Å²) in [6, 6.07) is 9.43. The first-order chi connectivity index (χ1) is 12.2. The molecule has 3 rings (SSSR count). The van der Waals surface area contributed by atoms with Crippen LogP contribution < -0.4 is 14.2 Å². The van der Waals surface area contributed by atoms with Gasteiger partial charge in [-0.2, -0.15) is 0 Å². The van der Waals surface area contributed by atoms with Crippen molar-refractivity contribution in [2.45, 2.75) is 12.3 Å². The second kappa shape index (κ2) is 7.88. The van der Waals surface area contributed by atoms with Gasteiger partial charge < -0.3 is 19.1 Å². The number of hydrogen-bond acceptors (Lipinski definition) is 5. The first-order valence-electron chi connectivity index (χ1n) is 8.24. The predicted molar refractivity (Wildman–Crippen MR) is 93.2 cm³/mol. The van der Waals surface area contributed by atoms with Crippen LogP contribution in [-0.2, 0) is 4.79 Å². The van der Waals surface area contributed by atoms with Crippen molar-refractivity contribution in [1.29, 1.82) is 0 Å². The van der Waals surface area contributed by atoms with Crippen molar-refractivity contribution >= 4 is 5.91 Å².